The highest BCUT2D eigenvalue weighted by molar-refractivity contribution is 5.81. The molecule has 1 aliphatic rings. The second-order valence-electron chi connectivity index (χ2n) is 17.2. The Kier molecular flexibility index (Phi) is 36.1. The molecule has 0 aromatic rings. The SMILES string of the molecule is CCCCCCCC/C=C\C/C=C\CC(O)C(=O)NC(COC1OC(CO)C(O)C(O)C1O)C(O)C(O)CCCCCCCCCCCCCCCCCCCCCC. The van der Waals surface area contributed by atoms with Crippen molar-refractivity contribution < 1.29 is 50.0 Å². The van der Waals surface area contributed by atoms with Crippen molar-refractivity contribution in [3.63, 3.8) is 0 Å². The lowest BCUT2D eigenvalue weighted by Crippen LogP contribution is -2.60. The van der Waals surface area contributed by atoms with Gasteiger partial charge in [-0.3, -0.25) is 4.79 Å². The molecule has 0 aromatic carbocycles. The summed E-state index contributed by atoms with van der Waals surface area (Å²) in [5.41, 5.74) is 0. The van der Waals surface area contributed by atoms with Crippen molar-refractivity contribution in [2.24, 2.45) is 0 Å². The molecule has 0 saturated carbocycles. The van der Waals surface area contributed by atoms with E-state index in [1.807, 2.05) is 6.08 Å². The van der Waals surface area contributed by atoms with Gasteiger partial charge in [-0.05, 0) is 25.7 Å². The molecule has 0 spiro atoms. The molecule has 11 nitrogen and oxygen atoms in total. The quantitative estimate of drug-likeness (QED) is 0.0221. The Morgan fingerprint density at radius 3 is 1.56 bits per heavy atom. The average Bonchev–Trinajstić information content (AvgIpc) is 3.23. The zero-order chi connectivity index (χ0) is 43.4. The Balaban J connectivity index is 2.43. The first-order valence-electron chi connectivity index (χ1n) is 24.2. The Hall–Kier alpha value is -1.41. The number of carbonyl (C=O) groups is 1. The Morgan fingerprint density at radius 1 is 0.610 bits per heavy atom. The second-order valence-corrected chi connectivity index (χ2v) is 17.2. The predicted molar refractivity (Wildman–Crippen MR) is 238 cm³/mol. The van der Waals surface area contributed by atoms with Crippen LogP contribution >= 0.6 is 0 Å². The number of aliphatic hydroxyl groups excluding tert-OH is 7. The smallest absolute Gasteiger partial charge is 0.249 e. The predicted octanol–water partition coefficient (Wildman–Crippen LogP) is 8.23. The van der Waals surface area contributed by atoms with Gasteiger partial charge in [-0.25, -0.2) is 0 Å². The maximum absolute atomic E-state index is 13.0. The molecule has 9 unspecified atom stereocenters. The van der Waals surface area contributed by atoms with Gasteiger partial charge in [-0.15, -0.1) is 0 Å². The molecule has 1 saturated heterocycles. The van der Waals surface area contributed by atoms with E-state index >= 15 is 0 Å². The molecule has 1 fully saturated rings. The Morgan fingerprint density at radius 2 is 1.07 bits per heavy atom. The molecule has 1 aliphatic heterocycles. The molecular formula is C48H91NO10. The maximum Gasteiger partial charge on any atom is 0.249 e. The number of rotatable bonds is 40. The zero-order valence-electron chi connectivity index (χ0n) is 37.5. The van der Waals surface area contributed by atoms with Crippen LogP contribution in [0.5, 0.6) is 0 Å². The van der Waals surface area contributed by atoms with E-state index in [0.717, 1.165) is 25.7 Å². The minimum Gasteiger partial charge on any atom is -0.394 e. The third-order valence-corrected chi connectivity index (χ3v) is 11.8. The highest BCUT2D eigenvalue weighted by Gasteiger charge is 2.44. The fourth-order valence-corrected chi connectivity index (χ4v) is 7.72. The lowest BCUT2D eigenvalue weighted by Gasteiger charge is -2.40. The van der Waals surface area contributed by atoms with Gasteiger partial charge in [-0.2, -0.15) is 0 Å². The summed E-state index contributed by atoms with van der Waals surface area (Å²) in [6.45, 7) is 3.40. The van der Waals surface area contributed by atoms with Crippen molar-refractivity contribution in [2.75, 3.05) is 13.2 Å². The van der Waals surface area contributed by atoms with Gasteiger partial charge in [-0.1, -0.05) is 199 Å². The third-order valence-electron chi connectivity index (χ3n) is 11.8. The van der Waals surface area contributed by atoms with E-state index in [4.69, 9.17) is 9.47 Å². The van der Waals surface area contributed by atoms with Crippen LogP contribution in [0.1, 0.15) is 206 Å². The second kappa shape index (κ2) is 38.3. The molecule has 1 heterocycles. The molecule has 1 amide bonds. The molecule has 0 bridgehead atoms. The number of hydrogen-bond donors (Lipinski definition) is 8. The molecular weight excluding hydrogens is 751 g/mol. The van der Waals surface area contributed by atoms with E-state index in [0.29, 0.717) is 19.3 Å². The van der Waals surface area contributed by atoms with Gasteiger partial charge < -0.3 is 50.5 Å². The lowest BCUT2D eigenvalue weighted by atomic mass is 9.98. The summed E-state index contributed by atoms with van der Waals surface area (Å²) in [4.78, 5) is 13.0. The first kappa shape index (κ1) is 55.6. The van der Waals surface area contributed by atoms with Crippen LogP contribution in [0.15, 0.2) is 24.3 Å². The lowest BCUT2D eigenvalue weighted by molar-refractivity contribution is -0.303. The fourth-order valence-electron chi connectivity index (χ4n) is 7.72. The van der Waals surface area contributed by atoms with E-state index in [1.165, 1.54) is 141 Å². The monoisotopic (exact) mass is 842 g/mol. The number of hydrogen-bond acceptors (Lipinski definition) is 10. The highest BCUT2D eigenvalue weighted by Crippen LogP contribution is 2.23. The van der Waals surface area contributed by atoms with Crippen LogP contribution in [-0.2, 0) is 14.3 Å². The molecule has 1 rings (SSSR count). The summed E-state index contributed by atoms with van der Waals surface area (Å²) in [5.74, 6) is -0.763. The summed E-state index contributed by atoms with van der Waals surface area (Å²) < 4.78 is 11.1. The van der Waals surface area contributed by atoms with E-state index in [2.05, 4.69) is 31.3 Å². The largest absolute Gasteiger partial charge is 0.394 e. The molecule has 0 radical (unpaired) electrons. The van der Waals surface area contributed by atoms with E-state index < -0.39 is 74.2 Å². The van der Waals surface area contributed by atoms with Crippen LogP contribution < -0.4 is 5.32 Å². The average molecular weight is 842 g/mol. The summed E-state index contributed by atoms with van der Waals surface area (Å²) >= 11 is 0. The first-order chi connectivity index (χ1) is 28.7. The molecule has 0 aliphatic carbocycles. The van der Waals surface area contributed by atoms with Gasteiger partial charge in [0.05, 0.1) is 25.4 Å². The minimum absolute atomic E-state index is 0.0510. The number of allylic oxidation sites excluding steroid dienone is 3. The summed E-state index contributed by atoms with van der Waals surface area (Å²) in [6.07, 6.45) is 31.1. The molecule has 11 heteroatoms. The number of ether oxygens (including phenoxy) is 2. The standard InChI is InChI=1S/C48H91NO10/c1-3-5-7-9-11-13-15-17-18-19-20-21-22-23-24-26-27-29-31-33-35-40(51)43(53)39(38-58-48-46(56)45(55)44(54)42(37-50)59-48)49-47(57)41(52)36-34-32-30-28-25-16-14-12-10-8-6-4-2/h25,28,32,34,39-46,48,50-56H,3-24,26-27,29-31,33,35-38H2,1-2H3,(H,49,57)/b28-25-,34-32-. The van der Waals surface area contributed by atoms with Crippen LogP contribution in [0, 0.1) is 0 Å². The minimum atomic E-state index is -1.67. The molecule has 348 valence electrons. The van der Waals surface area contributed by atoms with Gasteiger partial charge in [0.15, 0.2) is 6.29 Å². The normalized spacial score (nSPS) is 21.9. The van der Waals surface area contributed by atoms with Crippen LogP contribution in [0.4, 0.5) is 0 Å². The van der Waals surface area contributed by atoms with Crippen molar-refractivity contribution in [3.05, 3.63) is 24.3 Å². The molecule has 59 heavy (non-hydrogen) atoms. The van der Waals surface area contributed by atoms with Gasteiger partial charge in [0.1, 0.15) is 36.6 Å². The first-order valence-corrected chi connectivity index (χ1v) is 24.2. The molecule has 8 N–H and O–H groups in total. The number of aliphatic hydroxyl groups is 7. The molecule has 9 atom stereocenters. The van der Waals surface area contributed by atoms with E-state index in [9.17, 15) is 40.5 Å². The number of amides is 1. The zero-order valence-corrected chi connectivity index (χ0v) is 37.5. The van der Waals surface area contributed by atoms with Crippen LogP contribution in [0.3, 0.4) is 0 Å². The van der Waals surface area contributed by atoms with Crippen molar-refractivity contribution in [2.45, 2.75) is 262 Å². The van der Waals surface area contributed by atoms with Gasteiger partial charge in [0.25, 0.3) is 0 Å². The molecule has 0 aromatic heterocycles. The van der Waals surface area contributed by atoms with Crippen LogP contribution in [0.2, 0.25) is 0 Å². The van der Waals surface area contributed by atoms with Crippen molar-refractivity contribution in [3.8, 4) is 0 Å². The number of unbranched alkanes of at least 4 members (excludes halogenated alkanes) is 25. The van der Waals surface area contributed by atoms with Gasteiger partial charge >= 0.3 is 0 Å². The topological polar surface area (TPSA) is 189 Å². The summed E-state index contributed by atoms with van der Waals surface area (Å²) in [6, 6.07) is -1.20. The van der Waals surface area contributed by atoms with Gasteiger partial charge in [0, 0.05) is 6.42 Å². The van der Waals surface area contributed by atoms with E-state index in [-0.39, 0.29) is 6.42 Å². The fraction of sp³-hybridized carbons (Fsp3) is 0.896. The maximum atomic E-state index is 13.0. The summed E-state index contributed by atoms with van der Waals surface area (Å²) in [7, 11) is 0. The van der Waals surface area contributed by atoms with Crippen LogP contribution in [-0.4, -0.2) is 110 Å². The number of nitrogens with one attached hydrogen (secondary N) is 1. The highest BCUT2D eigenvalue weighted by atomic mass is 16.7. The van der Waals surface area contributed by atoms with Gasteiger partial charge in [0.2, 0.25) is 5.91 Å². The van der Waals surface area contributed by atoms with Crippen molar-refractivity contribution in [1.82, 2.24) is 5.32 Å². The van der Waals surface area contributed by atoms with E-state index in [1.54, 1.807) is 6.08 Å². The number of carbonyl (C=O) groups excluding carboxylic acids is 1. The van der Waals surface area contributed by atoms with Crippen molar-refractivity contribution >= 4 is 5.91 Å². The van der Waals surface area contributed by atoms with Crippen molar-refractivity contribution in [1.29, 1.82) is 0 Å². The Bertz CT molecular complexity index is 1010. The third kappa shape index (κ3) is 28.0. The van der Waals surface area contributed by atoms with Crippen LogP contribution in [0.25, 0.3) is 0 Å². The Labute approximate surface area is 359 Å². The summed E-state index contributed by atoms with van der Waals surface area (Å²) in [5, 5.41) is 75.6.